The van der Waals surface area contributed by atoms with Gasteiger partial charge in [-0.15, -0.1) is 0 Å². The average molecular weight is 274 g/mol. The molecule has 104 valence electrons. The van der Waals surface area contributed by atoms with Crippen molar-refractivity contribution < 1.29 is 9.59 Å². The van der Waals surface area contributed by atoms with E-state index in [0.29, 0.717) is 10.9 Å². The third-order valence-electron chi connectivity index (χ3n) is 2.79. The third-order valence-corrected chi connectivity index (χ3v) is 2.79. The van der Waals surface area contributed by atoms with E-state index in [1.165, 1.54) is 17.9 Å². The van der Waals surface area contributed by atoms with Crippen molar-refractivity contribution in [3.05, 3.63) is 40.9 Å². The quantitative estimate of drug-likeness (QED) is 0.838. The first kappa shape index (κ1) is 13.7. The summed E-state index contributed by atoms with van der Waals surface area (Å²) < 4.78 is 1.35. The molecule has 0 spiro atoms. The van der Waals surface area contributed by atoms with Gasteiger partial charge < -0.3 is 5.32 Å². The van der Waals surface area contributed by atoms with Gasteiger partial charge in [0.05, 0.1) is 17.2 Å². The van der Waals surface area contributed by atoms with Gasteiger partial charge in [0.15, 0.2) is 0 Å². The minimum Gasteiger partial charge on any atom is -0.341 e. The number of nitrogens with zero attached hydrogens (tertiary/aromatic N) is 2. The lowest BCUT2D eigenvalue weighted by molar-refractivity contribution is -0.120. The average Bonchev–Trinajstić information content (AvgIpc) is 2.46. The standard InChI is InChI=1S/C13H14N4O3/c1-14-13(20)16-11(18)6-7-17-8-15-10-5-3-2-4-9(10)12(17)19/h2-5,8H,6-7H2,1H3,(H2,14,16,18,20). The molecular weight excluding hydrogens is 260 g/mol. The minimum absolute atomic E-state index is 0.0212. The summed E-state index contributed by atoms with van der Waals surface area (Å²) in [4.78, 5) is 38.7. The fourth-order valence-corrected chi connectivity index (χ4v) is 1.74. The number of urea groups is 1. The van der Waals surface area contributed by atoms with Crippen LogP contribution >= 0.6 is 0 Å². The van der Waals surface area contributed by atoms with Gasteiger partial charge in [0.1, 0.15) is 0 Å². The van der Waals surface area contributed by atoms with Crippen molar-refractivity contribution in [2.45, 2.75) is 13.0 Å². The smallest absolute Gasteiger partial charge is 0.321 e. The van der Waals surface area contributed by atoms with E-state index in [2.05, 4.69) is 15.6 Å². The summed E-state index contributed by atoms with van der Waals surface area (Å²) in [5.74, 6) is -0.454. The Balaban J connectivity index is 2.11. The van der Waals surface area contributed by atoms with Crippen LogP contribution in [0.1, 0.15) is 6.42 Å². The first-order valence-corrected chi connectivity index (χ1v) is 6.07. The number of carbonyl (C=O) groups excluding carboxylic acids is 2. The Hall–Kier alpha value is -2.70. The van der Waals surface area contributed by atoms with Crippen molar-refractivity contribution >= 4 is 22.8 Å². The zero-order valence-corrected chi connectivity index (χ0v) is 10.9. The fourth-order valence-electron chi connectivity index (χ4n) is 1.74. The highest BCUT2D eigenvalue weighted by Crippen LogP contribution is 2.04. The lowest BCUT2D eigenvalue weighted by Gasteiger charge is -2.06. The lowest BCUT2D eigenvalue weighted by atomic mass is 10.2. The van der Waals surface area contributed by atoms with Crippen LogP contribution in [-0.2, 0) is 11.3 Å². The highest BCUT2D eigenvalue weighted by atomic mass is 16.2. The van der Waals surface area contributed by atoms with Crippen LogP contribution in [0.5, 0.6) is 0 Å². The molecule has 0 bridgehead atoms. The molecule has 1 aromatic carbocycles. The van der Waals surface area contributed by atoms with Gasteiger partial charge >= 0.3 is 6.03 Å². The number of carbonyl (C=O) groups is 2. The van der Waals surface area contributed by atoms with E-state index in [1.54, 1.807) is 24.3 Å². The van der Waals surface area contributed by atoms with Crippen LogP contribution in [0.4, 0.5) is 4.79 Å². The summed E-state index contributed by atoms with van der Waals surface area (Å²) in [6.07, 6.45) is 1.42. The Morgan fingerprint density at radius 1 is 1.30 bits per heavy atom. The molecule has 0 saturated heterocycles. The molecule has 0 radical (unpaired) electrons. The van der Waals surface area contributed by atoms with Gasteiger partial charge in [-0.25, -0.2) is 9.78 Å². The van der Waals surface area contributed by atoms with E-state index in [-0.39, 0.29) is 18.5 Å². The molecule has 20 heavy (non-hydrogen) atoms. The van der Waals surface area contributed by atoms with Crippen molar-refractivity contribution in [2.24, 2.45) is 0 Å². The maximum absolute atomic E-state index is 12.1. The second-order valence-electron chi connectivity index (χ2n) is 4.14. The number of aromatic nitrogens is 2. The van der Waals surface area contributed by atoms with Crippen LogP contribution in [0.2, 0.25) is 0 Å². The van der Waals surface area contributed by atoms with Crippen LogP contribution < -0.4 is 16.2 Å². The van der Waals surface area contributed by atoms with Gasteiger partial charge in [-0.3, -0.25) is 19.5 Å². The Kier molecular flexibility index (Phi) is 4.09. The van der Waals surface area contributed by atoms with Crippen molar-refractivity contribution in [3.63, 3.8) is 0 Å². The Labute approximate surface area is 114 Å². The zero-order chi connectivity index (χ0) is 14.5. The molecule has 2 N–H and O–H groups in total. The van der Waals surface area contributed by atoms with Crippen LogP contribution in [0.15, 0.2) is 35.4 Å². The van der Waals surface area contributed by atoms with E-state index < -0.39 is 11.9 Å². The van der Waals surface area contributed by atoms with Crippen molar-refractivity contribution in [1.29, 1.82) is 0 Å². The number of nitrogens with one attached hydrogen (secondary N) is 2. The summed E-state index contributed by atoms with van der Waals surface area (Å²) in [6.45, 7) is 0.166. The molecule has 7 heteroatoms. The number of imide groups is 1. The molecule has 1 heterocycles. The lowest BCUT2D eigenvalue weighted by Crippen LogP contribution is -2.38. The number of benzene rings is 1. The Bertz CT molecular complexity index is 708. The molecule has 1 aromatic heterocycles. The SMILES string of the molecule is CNC(=O)NC(=O)CCn1cnc2ccccc2c1=O. The number of aryl methyl sites for hydroxylation is 1. The number of hydrogen-bond donors (Lipinski definition) is 2. The van der Waals surface area contributed by atoms with Crippen LogP contribution in [0, 0.1) is 0 Å². The number of hydrogen-bond acceptors (Lipinski definition) is 4. The molecule has 3 amide bonds. The Morgan fingerprint density at radius 3 is 2.80 bits per heavy atom. The molecule has 2 rings (SSSR count). The minimum atomic E-state index is -0.570. The van der Waals surface area contributed by atoms with Crippen molar-refractivity contribution in [3.8, 4) is 0 Å². The van der Waals surface area contributed by atoms with E-state index in [1.807, 2.05) is 0 Å². The molecule has 0 fully saturated rings. The topological polar surface area (TPSA) is 93.1 Å². The van der Waals surface area contributed by atoms with Gasteiger partial charge in [0, 0.05) is 20.0 Å². The van der Waals surface area contributed by atoms with Gasteiger partial charge in [-0.1, -0.05) is 12.1 Å². The molecule has 0 aliphatic rings. The zero-order valence-electron chi connectivity index (χ0n) is 10.9. The summed E-state index contributed by atoms with van der Waals surface area (Å²) in [7, 11) is 1.42. The largest absolute Gasteiger partial charge is 0.341 e. The highest BCUT2D eigenvalue weighted by molar-refractivity contribution is 5.94. The number of fused-ring (bicyclic) bond motifs is 1. The summed E-state index contributed by atoms with van der Waals surface area (Å²) in [6, 6.07) is 6.42. The fraction of sp³-hybridized carbons (Fsp3) is 0.231. The highest BCUT2D eigenvalue weighted by Gasteiger charge is 2.08. The molecule has 0 aliphatic carbocycles. The molecule has 7 nitrogen and oxygen atoms in total. The van der Waals surface area contributed by atoms with Crippen LogP contribution in [-0.4, -0.2) is 28.5 Å². The van der Waals surface area contributed by atoms with Gasteiger partial charge in [-0.05, 0) is 12.1 Å². The molecule has 0 saturated carbocycles. The van der Waals surface area contributed by atoms with Gasteiger partial charge in [-0.2, -0.15) is 0 Å². The first-order chi connectivity index (χ1) is 9.61. The van der Waals surface area contributed by atoms with Crippen LogP contribution in [0.25, 0.3) is 10.9 Å². The van der Waals surface area contributed by atoms with Gasteiger partial charge in [0.2, 0.25) is 5.91 Å². The molecule has 2 aromatic rings. The maximum atomic E-state index is 12.1. The first-order valence-electron chi connectivity index (χ1n) is 6.07. The van der Waals surface area contributed by atoms with Crippen LogP contribution in [0.3, 0.4) is 0 Å². The normalized spacial score (nSPS) is 10.2. The molecule has 0 unspecified atom stereocenters. The van der Waals surface area contributed by atoms with E-state index in [9.17, 15) is 14.4 Å². The monoisotopic (exact) mass is 274 g/mol. The summed E-state index contributed by atoms with van der Waals surface area (Å²) in [5.41, 5.74) is 0.409. The maximum Gasteiger partial charge on any atom is 0.321 e. The van der Waals surface area contributed by atoms with Crippen molar-refractivity contribution in [1.82, 2.24) is 20.2 Å². The third kappa shape index (κ3) is 3.00. The van der Waals surface area contributed by atoms with E-state index >= 15 is 0 Å². The Morgan fingerprint density at radius 2 is 2.05 bits per heavy atom. The molecule has 0 aliphatic heterocycles. The number of amides is 3. The predicted molar refractivity (Wildman–Crippen MR) is 73.2 cm³/mol. The summed E-state index contributed by atoms with van der Waals surface area (Å²) >= 11 is 0. The van der Waals surface area contributed by atoms with Crippen molar-refractivity contribution in [2.75, 3.05) is 7.05 Å². The molecular formula is C13H14N4O3. The number of rotatable bonds is 3. The summed E-state index contributed by atoms with van der Waals surface area (Å²) in [5, 5.41) is 4.91. The van der Waals surface area contributed by atoms with E-state index in [4.69, 9.17) is 0 Å². The van der Waals surface area contributed by atoms with Gasteiger partial charge in [0.25, 0.3) is 5.56 Å². The predicted octanol–water partition coefficient (Wildman–Crippen LogP) is 0.242. The second kappa shape index (κ2) is 5.96. The number of para-hydroxylation sites is 1. The molecule has 0 atom stereocenters. The second-order valence-corrected chi connectivity index (χ2v) is 4.14. The van der Waals surface area contributed by atoms with E-state index in [0.717, 1.165) is 0 Å².